The molecule has 0 radical (unpaired) electrons. The van der Waals surface area contributed by atoms with Crippen LogP contribution in [-0.4, -0.2) is 29.6 Å². The van der Waals surface area contributed by atoms with E-state index in [-0.39, 0.29) is 0 Å². The van der Waals surface area contributed by atoms with E-state index in [1.165, 1.54) is 18.4 Å². The standard InChI is InChI=1S/C18H24N4/c1-15-14-17(21-18(20-15)22-12-5-6-13-22)19-11-7-10-16-8-3-2-4-9-16/h2-4,8-9,14H,5-7,10-13H2,1H3,(H,19,20,21). The summed E-state index contributed by atoms with van der Waals surface area (Å²) in [5.74, 6) is 1.82. The third kappa shape index (κ3) is 3.97. The van der Waals surface area contributed by atoms with Crippen molar-refractivity contribution in [2.75, 3.05) is 29.9 Å². The molecule has 0 saturated carbocycles. The number of rotatable bonds is 6. The number of hydrogen-bond donors (Lipinski definition) is 1. The molecule has 116 valence electrons. The largest absolute Gasteiger partial charge is 0.370 e. The normalized spacial score (nSPS) is 14.3. The summed E-state index contributed by atoms with van der Waals surface area (Å²) < 4.78 is 0. The summed E-state index contributed by atoms with van der Waals surface area (Å²) in [5, 5.41) is 3.44. The zero-order valence-corrected chi connectivity index (χ0v) is 13.3. The van der Waals surface area contributed by atoms with Crippen LogP contribution in [0.25, 0.3) is 0 Å². The summed E-state index contributed by atoms with van der Waals surface area (Å²) in [5.41, 5.74) is 2.42. The Morgan fingerprint density at radius 1 is 1.09 bits per heavy atom. The number of nitrogens with zero attached hydrogens (tertiary/aromatic N) is 3. The van der Waals surface area contributed by atoms with Gasteiger partial charge in [-0.25, -0.2) is 4.98 Å². The Morgan fingerprint density at radius 3 is 2.64 bits per heavy atom. The molecule has 1 fully saturated rings. The molecule has 0 spiro atoms. The van der Waals surface area contributed by atoms with Gasteiger partial charge in [0, 0.05) is 31.4 Å². The Balaban J connectivity index is 1.53. The first-order chi connectivity index (χ1) is 10.8. The number of hydrogen-bond acceptors (Lipinski definition) is 4. The molecule has 1 saturated heterocycles. The van der Waals surface area contributed by atoms with E-state index in [2.05, 4.69) is 50.5 Å². The Morgan fingerprint density at radius 2 is 1.86 bits per heavy atom. The molecular formula is C18H24N4. The van der Waals surface area contributed by atoms with E-state index in [0.717, 1.165) is 49.9 Å². The SMILES string of the molecule is Cc1cc(NCCCc2ccccc2)nc(N2CCCC2)n1. The van der Waals surface area contributed by atoms with Crippen LogP contribution in [0.1, 0.15) is 30.5 Å². The minimum atomic E-state index is 0.878. The molecule has 1 N–H and O–H groups in total. The molecule has 1 aliphatic rings. The Bertz CT molecular complexity index is 591. The third-order valence-corrected chi connectivity index (χ3v) is 4.02. The molecule has 0 amide bonds. The first-order valence-corrected chi connectivity index (χ1v) is 8.20. The van der Waals surface area contributed by atoms with Gasteiger partial charge in [0.05, 0.1) is 0 Å². The fourth-order valence-corrected chi connectivity index (χ4v) is 2.86. The molecule has 22 heavy (non-hydrogen) atoms. The average Bonchev–Trinajstić information content (AvgIpc) is 3.07. The van der Waals surface area contributed by atoms with Crippen molar-refractivity contribution in [2.24, 2.45) is 0 Å². The number of aryl methyl sites for hydroxylation is 2. The molecule has 2 aromatic rings. The quantitative estimate of drug-likeness (QED) is 0.829. The van der Waals surface area contributed by atoms with Crippen molar-refractivity contribution >= 4 is 11.8 Å². The Hall–Kier alpha value is -2.10. The van der Waals surface area contributed by atoms with Crippen LogP contribution < -0.4 is 10.2 Å². The van der Waals surface area contributed by atoms with Gasteiger partial charge in [0.1, 0.15) is 5.82 Å². The molecule has 3 rings (SSSR count). The van der Waals surface area contributed by atoms with Gasteiger partial charge in [-0.05, 0) is 38.2 Å². The summed E-state index contributed by atoms with van der Waals surface area (Å²) in [6.45, 7) is 5.13. The maximum Gasteiger partial charge on any atom is 0.227 e. The second kappa shape index (κ2) is 7.25. The van der Waals surface area contributed by atoms with Crippen molar-refractivity contribution in [1.82, 2.24) is 9.97 Å². The Labute approximate surface area is 132 Å². The van der Waals surface area contributed by atoms with Crippen LogP contribution in [0.4, 0.5) is 11.8 Å². The average molecular weight is 296 g/mol. The van der Waals surface area contributed by atoms with Crippen molar-refractivity contribution in [3.8, 4) is 0 Å². The predicted molar refractivity (Wildman–Crippen MR) is 91.5 cm³/mol. The van der Waals surface area contributed by atoms with Crippen molar-refractivity contribution in [3.05, 3.63) is 47.7 Å². The summed E-state index contributed by atoms with van der Waals surface area (Å²) in [6.07, 6.45) is 4.69. The van der Waals surface area contributed by atoms with E-state index in [1.54, 1.807) is 0 Å². The molecule has 0 unspecified atom stereocenters. The highest BCUT2D eigenvalue weighted by Crippen LogP contribution is 2.18. The molecular weight excluding hydrogens is 272 g/mol. The van der Waals surface area contributed by atoms with Crippen molar-refractivity contribution in [1.29, 1.82) is 0 Å². The number of anilines is 2. The lowest BCUT2D eigenvalue weighted by Gasteiger charge is -2.17. The summed E-state index contributed by atoms with van der Waals surface area (Å²) in [7, 11) is 0. The first kappa shape index (κ1) is 14.8. The van der Waals surface area contributed by atoms with Crippen molar-refractivity contribution < 1.29 is 0 Å². The van der Waals surface area contributed by atoms with E-state index >= 15 is 0 Å². The number of nitrogens with one attached hydrogen (secondary N) is 1. The number of benzene rings is 1. The molecule has 2 heterocycles. The van der Waals surface area contributed by atoms with Gasteiger partial charge in [-0.1, -0.05) is 30.3 Å². The Kier molecular flexibility index (Phi) is 4.88. The van der Waals surface area contributed by atoms with E-state index in [0.29, 0.717) is 0 Å². The molecule has 4 nitrogen and oxygen atoms in total. The third-order valence-electron chi connectivity index (χ3n) is 4.02. The van der Waals surface area contributed by atoms with Gasteiger partial charge in [0.2, 0.25) is 5.95 Å². The van der Waals surface area contributed by atoms with E-state index < -0.39 is 0 Å². The summed E-state index contributed by atoms with van der Waals surface area (Å²) >= 11 is 0. The van der Waals surface area contributed by atoms with Gasteiger partial charge >= 0.3 is 0 Å². The second-order valence-electron chi connectivity index (χ2n) is 5.90. The molecule has 1 aromatic carbocycles. The zero-order chi connectivity index (χ0) is 15.2. The molecule has 4 heteroatoms. The first-order valence-electron chi connectivity index (χ1n) is 8.20. The molecule has 0 aliphatic carbocycles. The van der Waals surface area contributed by atoms with Crippen LogP contribution in [0.5, 0.6) is 0 Å². The lowest BCUT2D eigenvalue weighted by atomic mass is 10.1. The highest BCUT2D eigenvalue weighted by molar-refractivity contribution is 5.44. The summed E-state index contributed by atoms with van der Waals surface area (Å²) in [6, 6.07) is 12.6. The zero-order valence-electron chi connectivity index (χ0n) is 13.3. The molecule has 0 bridgehead atoms. The molecule has 0 atom stereocenters. The molecule has 1 aromatic heterocycles. The maximum absolute atomic E-state index is 4.66. The highest BCUT2D eigenvalue weighted by atomic mass is 15.3. The van der Waals surface area contributed by atoms with E-state index in [9.17, 15) is 0 Å². The monoisotopic (exact) mass is 296 g/mol. The fourth-order valence-electron chi connectivity index (χ4n) is 2.86. The van der Waals surface area contributed by atoms with E-state index in [4.69, 9.17) is 0 Å². The van der Waals surface area contributed by atoms with Crippen LogP contribution in [0.2, 0.25) is 0 Å². The minimum absolute atomic E-state index is 0.878. The van der Waals surface area contributed by atoms with Crippen molar-refractivity contribution in [3.63, 3.8) is 0 Å². The lowest BCUT2D eigenvalue weighted by molar-refractivity contribution is 0.849. The lowest BCUT2D eigenvalue weighted by Crippen LogP contribution is -2.21. The van der Waals surface area contributed by atoms with Gasteiger partial charge in [0.15, 0.2) is 0 Å². The van der Waals surface area contributed by atoms with Gasteiger partial charge in [0.25, 0.3) is 0 Å². The maximum atomic E-state index is 4.66. The highest BCUT2D eigenvalue weighted by Gasteiger charge is 2.15. The van der Waals surface area contributed by atoms with Gasteiger partial charge < -0.3 is 10.2 Å². The van der Waals surface area contributed by atoms with Crippen LogP contribution in [-0.2, 0) is 6.42 Å². The van der Waals surface area contributed by atoms with Crippen LogP contribution in [0.3, 0.4) is 0 Å². The summed E-state index contributed by atoms with van der Waals surface area (Å²) in [4.78, 5) is 11.5. The number of aromatic nitrogens is 2. The fraction of sp³-hybridized carbons (Fsp3) is 0.444. The van der Waals surface area contributed by atoms with Crippen LogP contribution in [0.15, 0.2) is 36.4 Å². The second-order valence-corrected chi connectivity index (χ2v) is 5.90. The van der Waals surface area contributed by atoms with Gasteiger partial charge in [-0.15, -0.1) is 0 Å². The van der Waals surface area contributed by atoms with Gasteiger partial charge in [-0.3, -0.25) is 0 Å². The van der Waals surface area contributed by atoms with Gasteiger partial charge in [-0.2, -0.15) is 4.98 Å². The predicted octanol–water partition coefficient (Wildman–Crippen LogP) is 3.43. The molecule has 1 aliphatic heterocycles. The van der Waals surface area contributed by atoms with Crippen LogP contribution in [0, 0.1) is 6.92 Å². The smallest absolute Gasteiger partial charge is 0.227 e. The minimum Gasteiger partial charge on any atom is -0.370 e. The van der Waals surface area contributed by atoms with Crippen molar-refractivity contribution in [2.45, 2.75) is 32.6 Å². The van der Waals surface area contributed by atoms with E-state index in [1.807, 2.05) is 13.0 Å². The topological polar surface area (TPSA) is 41.1 Å². The van der Waals surface area contributed by atoms with Crippen LogP contribution >= 0.6 is 0 Å².